The summed E-state index contributed by atoms with van der Waals surface area (Å²) in [6, 6.07) is 0. The van der Waals surface area contributed by atoms with E-state index in [0.717, 1.165) is 5.69 Å². The van der Waals surface area contributed by atoms with Gasteiger partial charge in [-0.2, -0.15) is 4.98 Å². The van der Waals surface area contributed by atoms with Gasteiger partial charge in [0.1, 0.15) is 6.26 Å². The third kappa shape index (κ3) is 3.21. The maximum absolute atomic E-state index is 5.43. The van der Waals surface area contributed by atoms with Crippen molar-refractivity contribution in [1.29, 1.82) is 0 Å². The van der Waals surface area contributed by atoms with Gasteiger partial charge in [-0.25, -0.2) is 0 Å². The van der Waals surface area contributed by atoms with Crippen molar-refractivity contribution < 1.29 is 13.9 Å². The van der Waals surface area contributed by atoms with E-state index in [1.54, 1.807) is 6.26 Å². The van der Waals surface area contributed by atoms with Gasteiger partial charge in [-0.3, -0.25) is 0 Å². The second kappa shape index (κ2) is 4.43. The molecule has 90 valence electrons. The number of hydrogen-bond acceptors (Lipinski definition) is 5. The predicted molar refractivity (Wildman–Crippen MR) is 58.3 cm³/mol. The van der Waals surface area contributed by atoms with Gasteiger partial charge in [-0.15, -0.1) is 0 Å². The Labute approximate surface area is 95.1 Å². The Morgan fingerprint density at radius 1 is 1.50 bits per heavy atom. The lowest BCUT2D eigenvalue weighted by atomic mass is 10.1. The Balaban J connectivity index is 1.82. The van der Waals surface area contributed by atoms with Crippen LogP contribution in [0.1, 0.15) is 26.5 Å². The second-order valence-electron chi connectivity index (χ2n) is 4.99. The van der Waals surface area contributed by atoms with Gasteiger partial charge in [0.15, 0.2) is 6.10 Å². The van der Waals surface area contributed by atoms with Crippen LogP contribution >= 0.6 is 0 Å². The van der Waals surface area contributed by atoms with E-state index in [1.807, 2.05) is 0 Å². The summed E-state index contributed by atoms with van der Waals surface area (Å²) in [6.07, 6.45) is 2.05. The van der Waals surface area contributed by atoms with Gasteiger partial charge < -0.3 is 19.2 Å². The minimum Gasteiger partial charge on any atom is -0.442 e. The van der Waals surface area contributed by atoms with E-state index in [2.05, 4.69) is 31.1 Å². The fraction of sp³-hybridized carbons (Fsp3) is 0.727. The fourth-order valence-corrected chi connectivity index (χ4v) is 1.20. The molecule has 16 heavy (non-hydrogen) atoms. The fourth-order valence-electron chi connectivity index (χ4n) is 1.20. The highest BCUT2D eigenvalue weighted by atomic mass is 16.6. The number of rotatable bonds is 4. The van der Waals surface area contributed by atoms with Crippen LogP contribution in [0.5, 0.6) is 6.08 Å². The van der Waals surface area contributed by atoms with Crippen molar-refractivity contribution >= 4 is 0 Å². The molecule has 0 spiro atoms. The number of ether oxygens (including phenoxy) is 2. The Morgan fingerprint density at radius 3 is 2.81 bits per heavy atom. The molecule has 2 heterocycles. The van der Waals surface area contributed by atoms with Gasteiger partial charge in [-0.05, 0) is 20.8 Å². The monoisotopic (exact) mass is 226 g/mol. The lowest BCUT2D eigenvalue weighted by Gasteiger charge is -2.24. The first-order chi connectivity index (χ1) is 7.53. The lowest BCUT2D eigenvalue weighted by molar-refractivity contribution is -0.0894. The van der Waals surface area contributed by atoms with E-state index in [-0.39, 0.29) is 11.6 Å². The highest BCUT2D eigenvalue weighted by Crippen LogP contribution is 2.15. The maximum atomic E-state index is 5.43. The first-order valence-corrected chi connectivity index (χ1v) is 5.47. The van der Waals surface area contributed by atoms with Crippen LogP contribution in [0.3, 0.4) is 0 Å². The molecule has 5 heteroatoms. The molecular formula is C11H18N2O3. The van der Waals surface area contributed by atoms with Gasteiger partial charge in [0.2, 0.25) is 0 Å². The smallest absolute Gasteiger partial charge is 0.394 e. The van der Waals surface area contributed by atoms with Crippen LogP contribution in [0.15, 0.2) is 10.7 Å². The number of aromatic nitrogens is 1. The summed E-state index contributed by atoms with van der Waals surface area (Å²) < 4.78 is 15.6. The molecule has 1 saturated heterocycles. The summed E-state index contributed by atoms with van der Waals surface area (Å²) in [5.41, 5.74) is 0.923. The topological polar surface area (TPSA) is 56.5 Å². The van der Waals surface area contributed by atoms with Crippen LogP contribution < -0.4 is 10.1 Å². The highest BCUT2D eigenvalue weighted by molar-refractivity contribution is 5.01. The molecule has 0 unspecified atom stereocenters. The zero-order valence-electron chi connectivity index (χ0n) is 9.95. The minimum absolute atomic E-state index is 0.0712. The summed E-state index contributed by atoms with van der Waals surface area (Å²) in [5, 5.41) is 3.33. The van der Waals surface area contributed by atoms with Crippen LogP contribution in [0.4, 0.5) is 0 Å². The van der Waals surface area contributed by atoms with Crippen molar-refractivity contribution in [3.8, 4) is 6.08 Å². The molecule has 2 rings (SSSR count). The van der Waals surface area contributed by atoms with Crippen LogP contribution in [0.25, 0.3) is 0 Å². The van der Waals surface area contributed by atoms with Gasteiger partial charge >= 0.3 is 6.08 Å². The van der Waals surface area contributed by atoms with Crippen molar-refractivity contribution in [3.05, 3.63) is 12.0 Å². The lowest BCUT2D eigenvalue weighted by Crippen LogP contribution is -2.38. The van der Waals surface area contributed by atoms with Crippen molar-refractivity contribution in [1.82, 2.24) is 10.3 Å². The third-order valence-corrected chi connectivity index (χ3v) is 2.21. The number of nitrogens with zero attached hydrogens (tertiary/aromatic N) is 1. The molecule has 1 aliphatic rings. The first-order valence-electron chi connectivity index (χ1n) is 5.47. The summed E-state index contributed by atoms with van der Waals surface area (Å²) in [5.74, 6) is 0. The van der Waals surface area contributed by atoms with Gasteiger partial charge in [0.05, 0.1) is 18.9 Å². The zero-order valence-corrected chi connectivity index (χ0v) is 9.95. The quantitative estimate of drug-likeness (QED) is 0.839. The van der Waals surface area contributed by atoms with Gasteiger partial charge in [0, 0.05) is 12.1 Å². The SMILES string of the molecule is CC(C)(C)NCc1coc(OC2COC2)n1. The third-order valence-electron chi connectivity index (χ3n) is 2.21. The minimum atomic E-state index is 0.0712. The molecule has 0 radical (unpaired) electrons. The molecule has 1 aromatic heterocycles. The number of oxazole rings is 1. The molecule has 0 aromatic carbocycles. The Morgan fingerprint density at radius 2 is 2.25 bits per heavy atom. The van der Waals surface area contributed by atoms with Crippen LogP contribution in [0, 0.1) is 0 Å². The molecule has 0 aliphatic carbocycles. The number of hydrogen-bond donors (Lipinski definition) is 1. The van der Waals surface area contributed by atoms with E-state index in [0.29, 0.717) is 25.8 Å². The molecule has 0 atom stereocenters. The Hall–Kier alpha value is -1.07. The van der Waals surface area contributed by atoms with E-state index >= 15 is 0 Å². The van der Waals surface area contributed by atoms with E-state index in [9.17, 15) is 0 Å². The average Bonchev–Trinajstić information content (AvgIpc) is 2.55. The van der Waals surface area contributed by atoms with Crippen LogP contribution in [-0.4, -0.2) is 29.8 Å². The average molecular weight is 226 g/mol. The number of nitrogens with one attached hydrogen (secondary N) is 1. The molecule has 1 aliphatic heterocycles. The van der Waals surface area contributed by atoms with Gasteiger partial charge in [0.25, 0.3) is 0 Å². The van der Waals surface area contributed by atoms with Crippen molar-refractivity contribution in [2.75, 3.05) is 13.2 Å². The largest absolute Gasteiger partial charge is 0.442 e. The molecule has 1 fully saturated rings. The van der Waals surface area contributed by atoms with Crippen LogP contribution in [-0.2, 0) is 11.3 Å². The Kier molecular flexibility index (Phi) is 3.16. The molecule has 0 amide bonds. The van der Waals surface area contributed by atoms with E-state index in [1.165, 1.54) is 0 Å². The van der Waals surface area contributed by atoms with E-state index < -0.39 is 0 Å². The molecular weight excluding hydrogens is 208 g/mol. The summed E-state index contributed by atoms with van der Waals surface area (Å²) >= 11 is 0. The van der Waals surface area contributed by atoms with Crippen molar-refractivity contribution in [2.24, 2.45) is 0 Å². The predicted octanol–water partition coefficient (Wildman–Crippen LogP) is 1.34. The summed E-state index contributed by atoms with van der Waals surface area (Å²) in [4.78, 5) is 4.23. The summed E-state index contributed by atoms with van der Waals surface area (Å²) in [7, 11) is 0. The molecule has 0 bridgehead atoms. The maximum Gasteiger partial charge on any atom is 0.394 e. The first kappa shape index (κ1) is 11.4. The molecule has 1 aromatic rings. The second-order valence-corrected chi connectivity index (χ2v) is 4.99. The van der Waals surface area contributed by atoms with Gasteiger partial charge in [-0.1, -0.05) is 0 Å². The zero-order chi connectivity index (χ0) is 11.6. The summed E-state index contributed by atoms with van der Waals surface area (Å²) in [6.45, 7) is 8.25. The highest BCUT2D eigenvalue weighted by Gasteiger charge is 2.22. The van der Waals surface area contributed by atoms with Crippen LogP contribution in [0.2, 0.25) is 0 Å². The van der Waals surface area contributed by atoms with E-state index in [4.69, 9.17) is 13.9 Å². The molecule has 5 nitrogen and oxygen atoms in total. The standard InChI is InChI=1S/C11H18N2O3/c1-11(2,3)12-4-8-5-15-10(13-8)16-9-6-14-7-9/h5,9,12H,4,6-7H2,1-3H3. The van der Waals surface area contributed by atoms with Crippen molar-refractivity contribution in [3.63, 3.8) is 0 Å². The van der Waals surface area contributed by atoms with Crippen molar-refractivity contribution in [2.45, 2.75) is 39.0 Å². The Bertz CT molecular complexity index is 339. The molecule has 0 saturated carbocycles. The normalized spacial score (nSPS) is 17.2. The molecule has 1 N–H and O–H groups in total.